The lowest BCUT2D eigenvalue weighted by atomic mass is 9.98. The summed E-state index contributed by atoms with van der Waals surface area (Å²) in [6.45, 7) is 6.44. The number of para-hydroxylation sites is 1. The number of aromatic amines is 1. The number of aromatic carboxylic acids is 1. The molecule has 2 aromatic carbocycles. The molecule has 4 nitrogen and oxygen atoms in total. The van der Waals surface area contributed by atoms with E-state index in [0.717, 1.165) is 39.1 Å². The maximum Gasteiger partial charge on any atom is 0.335 e. The molecule has 28 heavy (non-hydrogen) atoms. The van der Waals surface area contributed by atoms with Crippen LogP contribution in [0.1, 0.15) is 41.3 Å². The quantitative estimate of drug-likeness (QED) is 0.461. The molecule has 2 aromatic heterocycles. The van der Waals surface area contributed by atoms with Gasteiger partial charge in [-0.15, -0.1) is 0 Å². The zero-order valence-corrected chi connectivity index (χ0v) is 16.2. The van der Waals surface area contributed by atoms with Gasteiger partial charge in [0, 0.05) is 11.1 Å². The molecule has 140 valence electrons. The fourth-order valence-corrected chi connectivity index (χ4v) is 3.56. The molecular formula is C24H22N2O2. The van der Waals surface area contributed by atoms with Crippen LogP contribution in [0.2, 0.25) is 0 Å². The van der Waals surface area contributed by atoms with E-state index >= 15 is 0 Å². The average Bonchev–Trinajstić information content (AvgIpc) is 3.16. The van der Waals surface area contributed by atoms with Gasteiger partial charge < -0.3 is 10.1 Å². The molecule has 4 rings (SSSR count). The number of H-pyrrole nitrogens is 1. The van der Waals surface area contributed by atoms with Gasteiger partial charge in [0.25, 0.3) is 0 Å². The van der Waals surface area contributed by atoms with Crippen molar-refractivity contribution in [1.29, 1.82) is 0 Å². The number of carboxylic acids is 1. The maximum absolute atomic E-state index is 11.0. The van der Waals surface area contributed by atoms with E-state index in [1.54, 1.807) is 12.1 Å². The molecule has 4 heteroatoms. The highest BCUT2D eigenvalue weighted by Gasteiger charge is 2.13. The molecule has 0 spiro atoms. The molecule has 0 bridgehead atoms. The van der Waals surface area contributed by atoms with Crippen LogP contribution < -0.4 is 0 Å². The summed E-state index contributed by atoms with van der Waals surface area (Å²) in [6.07, 6.45) is 0. The molecule has 0 amide bonds. The van der Waals surface area contributed by atoms with Crippen LogP contribution in [-0.4, -0.2) is 21.0 Å². The number of rotatable bonds is 4. The molecule has 4 aromatic rings. The Morgan fingerprint density at radius 2 is 1.71 bits per heavy atom. The number of nitrogens with zero attached hydrogens (tertiary/aromatic N) is 1. The summed E-state index contributed by atoms with van der Waals surface area (Å²) in [7, 11) is 0. The summed E-state index contributed by atoms with van der Waals surface area (Å²) in [6, 6.07) is 19.4. The zero-order valence-electron chi connectivity index (χ0n) is 16.2. The second kappa shape index (κ2) is 6.97. The van der Waals surface area contributed by atoms with Crippen LogP contribution in [0.15, 0.2) is 60.7 Å². The number of carboxylic acid groups (broad SMARTS) is 1. The lowest BCUT2D eigenvalue weighted by Gasteiger charge is -2.12. The monoisotopic (exact) mass is 370 g/mol. The fraction of sp³-hybridized carbons (Fsp3) is 0.167. The lowest BCUT2D eigenvalue weighted by Crippen LogP contribution is -1.96. The zero-order chi connectivity index (χ0) is 19.8. The Morgan fingerprint density at radius 3 is 2.39 bits per heavy atom. The van der Waals surface area contributed by atoms with Crippen molar-refractivity contribution in [3.8, 4) is 22.6 Å². The highest BCUT2D eigenvalue weighted by molar-refractivity contribution is 5.88. The number of hydrogen-bond donors (Lipinski definition) is 2. The Morgan fingerprint density at radius 1 is 1.00 bits per heavy atom. The predicted molar refractivity (Wildman–Crippen MR) is 113 cm³/mol. The van der Waals surface area contributed by atoms with Crippen molar-refractivity contribution in [2.45, 2.75) is 26.7 Å². The Balaban J connectivity index is 1.77. The molecule has 0 aliphatic carbocycles. The molecule has 0 atom stereocenters. The van der Waals surface area contributed by atoms with Crippen LogP contribution in [0.4, 0.5) is 0 Å². The van der Waals surface area contributed by atoms with Gasteiger partial charge in [-0.05, 0) is 59.9 Å². The Labute approximate surface area is 163 Å². The van der Waals surface area contributed by atoms with Crippen molar-refractivity contribution in [3.05, 3.63) is 77.4 Å². The summed E-state index contributed by atoms with van der Waals surface area (Å²) < 4.78 is 0. The summed E-state index contributed by atoms with van der Waals surface area (Å²) in [5.41, 5.74) is 7.45. The van der Waals surface area contributed by atoms with Gasteiger partial charge in [0.05, 0.1) is 22.5 Å². The number of hydrogen-bond acceptors (Lipinski definition) is 2. The van der Waals surface area contributed by atoms with Gasteiger partial charge in [0.1, 0.15) is 0 Å². The Hall–Kier alpha value is -3.40. The lowest BCUT2D eigenvalue weighted by molar-refractivity contribution is 0.0697. The van der Waals surface area contributed by atoms with E-state index in [0.29, 0.717) is 5.92 Å². The highest BCUT2D eigenvalue weighted by Crippen LogP contribution is 2.31. The SMILES string of the molecule is Cc1cc2cccc(C(C)C)c2nc1-c1ccc(-c2ccc(C(=O)O)cc2)[nH]1. The third-order valence-electron chi connectivity index (χ3n) is 5.07. The van der Waals surface area contributed by atoms with Crippen LogP contribution in [-0.2, 0) is 0 Å². The normalized spacial score (nSPS) is 11.3. The first-order valence-corrected chi connectivity index (χ1v) is 9.37. The van der Waals surface area contributed by atoms with Crippen LogP contribution >= 0.6 is 0 Å². The fourth-order valence-electron chi connectivity index (χ4n) is 3.56. The van der Waals surface area contributed by atoms with Crippen LogP contribution in [0.3, 0.4) is 0 Å². The summed E-state index contributed by atoms with van der Waals surface area (Å²) in [5.74, 6) is -0.519. The topological polar surface area (TPSA) is 66.0 Å². The summed E-state index contributed by atoms with van der Waals surface area (Å²) in [4.78, 5) is 19.5. The van der Waals surface area contributed by atoms with Crippen molar-refractivity contribution in [3.63, 3.8) is 0 Å². The van der Waals surface area contributed by atoms with Crippen molar-refractivity contribution in [2.24, 2.45) is 0 Å². The Bertz CT molecular complexity index is 1170. The van der Waals surface area contributed by atoms with Crippen LogP contribution in [0, 0.1) is 6.92 Å². The van der Waals surface area contributed by atoms with Gasteiger partial charge in [-0.1, -0.05) is 44.2 Å². The molecule has 0 aliphatic rings. The van der Waals surface area contributed by atoms with E-state index < -0.39 is 5.97 Å². The molecular weight excluding hydrogens is 348 g/mol. The van der Waals surface area contributed by atoms with Crippen molar-refractivity contribution >= 4 is 16.9 Å². The number of nitrogens with one attached hydrogen (secondary N) is 1. The van der Waals surface area contributed by atoms with Gasteiger partial charge in [-0.25, -0.2) is 9.78 Å². The van der Waals surface area contributed by atoms with Crippen molar-refractivity contribution < 1.29 is 9.90 Å². The first-order valence-electron chi connectivity index (χ1n) is 9.37. The van der Waals surface area contributed by atoms with E-state index in [-0.39, 0.29) is 5.56 Å². The van der Waals surface area contributed by atoms with E-state index in [1.165, 1.54) is 5.56 Å². The molecule has 0 fully saturated rings. The maximum atomic E-state index is 11.0. The Kier molecular flexibility index (Phi) is 4.47. The smallest absolute Gasteiger partial charge is 0.335 e. The minimum atomic E-state index is -0.921. The third-order valence-corrected chi connectivity index (χ3v) is 5.07. The third kappa shape index (κ3) is 3.18. The van der Waals surface area contributed by atoms with E-state index in [1.807, 2.05) is 24.3 Å². The van der Waals surface area contributed by atoms with Gasteiger partial charge in [-0.3, -0.25) is 0 Å². The van der Waals surface area contributed by atoms with Crippen molar-refractivity contribution in [2.75, 3.05) is 0 Å². The summed E-state index contributed by atoms with van der Waals surface area (Å²) in [5, 5.41) is 10.2. The number of fused-ring (bicyclic) bond motifs is 1. The molecule has 0 unspecified atom stereocenters. The first-order chi connectivity index (χ1) is 13.4. The van der Waals surface area contributed by atoms with Gasteiger partial charge in [-0.2, -0.15) is 0 Å². The molecule has 2 heterocycles. The largest absolute Gasteiger partial charge is 0.478 e. The number of aromatic nitrogens is 2. The second-order valence-corrected chi connectivity index (χ2v) is 7.40. The van der Waals surface area contributed by atoms with Gasteiger partial charge in [0.15, 0.2) is 0 Å². The van der Waals surface area contributed by atoms with Crippen molar-refractivity contribution in [1.82, 2.24) is 9.97 Å². The second-order valence-electron chi connectivity index (χ2n) is 7.40. The van der Waals surface area contributed by atoms with Crippen LogP contribution in [0.25, 0.3) is 33.5 Å². The number of benzene rings is 2. The van der Waals surface area contributed by atoms with Gasteiger partial charge in [0.2, 0.25) is 0 Å². The number of carbonyl (C=O) groups is 1. The predicted octanol–water partition coefficient (Wildman–Crippen LogP) is 6.03. The standard InChI is InChI=1S/C24H22N2O2/c1-14(2)19-6-4-5-18-13-15(3)22(26-23(18)19)21-12-11-20(25-21)16-7-9-17(10-8-16)24(27)28/h4-14,25H,1-3H3,(H,27,28). The molecule has 0 aliphatic heterocycles. The molecule has 2 N–H and O–H groups in total. The minimum Gasteiger partial charge on any atom is -0.478 e. The highest BCUT2D eigenvalue weighted by atomic mass is 16.4. The van der Waals surface area contributed by atoms with E-state index in [2.05, 4.69) is 50.0 Å². The summed E-state index contributed by atoms with van der Waals surface area (Å²) >= 11 is 0. The van der Waals surface area contributed by atoms with Crippen LogP contribution in [0.5, 0.6) is 0 Å². The van der Waals surface area contributed by atoms with E-state index in [4.69, 9.17) is 10.1 Å². The molecule has 0 saturated carbocycles. The minimum absolute atomic E-state index is 0.281. The average molecular weight is 370 g/mol. The number of aryl methyl sites for hydroxylation is 1. The first kappa shape index (κ1) is 18.0. The van der Waals surface area contributed by atoms with Gasteiger partial charge >= 0.3 is 5.97 Å². The van der Waals surface area contributed by atoms with E-state index in [9.17, 15) is 4.79 Å². The molecule has 0 saturated heterocycles. The molecule has 0 radical (unpaired) electrons. The number of pyridine rings is 1.